The molecule has 0 aliphatic heterocycles. The van der Waals surface area contributed by atoms with Gasteiger partial charge in [0.05, 0.1) is 0 Å². The van der Waals surface area contributed by atoms with E-state index in [4.69, 9.17) is 0 Å². The first-order valence-corrected chi connectivity index (χ1v) is 5.12. The van der Waals surface area contributed by atoms with E-state index in [9.17, 15) is 0 Å². The van der Waals surface area contributed by atoms with E-state index in [-0.39, 0.29) is 0 Å². The second kappa shape index (κ2) is 7.56. The summed E-state index contributed by atoms with van der Waals surface area (Å²) in [7, 11) is 2.19. The molecule has 2 nitrogen and oxygen atoms in total. The summed E-state index contributed by atoms with van der Waals surface area (Å²) in [5.41, 5.74) is 0. The third-order valence-electron chi connectivity index (χ3n) is 1.93. The molecule has 0 saturated heterocycles. The number of likely N-dealkylation sites (N-methyl/N-ethyl adjacent to an activating group) is 1. The Hall–Kier alpha value is -0.0800. The highest BCUT2D eigenvalue weighted by Gasteiger charge is 2.03. The molecule has 2 heteroatoms. The lowest BCUT2D eigenvalue weighted by atomic mass is 10.3. The molecule has 12 heavy (non-hydrogen) atoms. The largest absolute Gasteiger partial charge is 0.313 e. The average molecular weight is 172 g/mol. The molecule has 1 unspecified atom stereocenters. The van der Waals surface area contributed by atoms with Gasteiger partial charge < -0.3 is 10.2 Å². The van der Waals surface area contributed by atoms with Gasteiger partial charge in [-0.15, -0.1) is 0 Å². The standard InChI is InChI=1S/C10H24N2/c1-5-7-11-10(3)9-12(4)8-6-2/h10-11H,5-9H2,1-4H3. The van der Waals surface area contributed by atoms with Crippen molar-refractivity contribution in [2.45, 2.75) is 39.7 Å². The predicted octanol–water partition coefficient (Wildman–Crippen LogP) is 1.72. The number of hydrogen-bond acceptors (Lipinski definition) is 2. The Balaban J connectivity index is 3.33. The SMILES string of the molecule is CCCNC(C)CN(C)CCC. The van der Waals surface area contributed by atoms with Crippen LogP contribution in [0.2, 0.25) is 0 Å². The third-order valence-corrected chi connectivity index (χ3v) is 1.93. The number of nitrogens with zero attached hydrogens (tertiary/aromatic N) is 1. The maximum absolute atomic E-state index is 3.48. The molecule has 0 aliphatic rings. The minimum absolute atomic E-state index is 0.626. The zero-order chi connectivity index (χ0) is 9.40. The third kappa shape index (κ3) is 6.62. The van der Waals surface area contributed by atoms with Crippen molar-refractivity contribution in [2.24, 2.45) is 0 Å². The molecule has 0 saturated carbocycles. The van der Waals surface area contributed by atoms with Crippen LogP contribution in [0.3, 0.4) is 0 Å². The van der Waals surface area contributed by atoms with Crippen LogP contribution in [-0.4, -0.2) is 37.6 Å². The smallest absolute Gasteiger partial charge is 0.0166 e. The molecule has 0 fully saturated rings. The van der Waals surface area contributed by atoms with Crippen molar-refractivity contribution < 1.29 is 0 Å². The van der Waals surface area contributed by atoms with Gasteiger partial charge in [0.2, 0.25) is 0 Å². The van der Waals surface area contributed by atoms with Crippen LogP contribution in [-0.2, 0) is 0 Å². The quantitative estimate of drug-likeness (QED) is 0.629. The minimum atomic E-state index is 0.626. The summed E-state index contributed by atoms with van der Waals surface area (Å²) in [5.74, 6) is 0. The zero-order valence-corrected chi connectivity index (χ0v) is 9.06. The van der Waals surface area contributed by atoms with Crippen LogP contribution in [0.5, 0.6) is 0 Å². The van der Waals surface area contributed by atoms with E-state index < -0.39 is 0 Å². The molecule has 1 atom stereocenters. The zero-order valence-electron chi connectivity index (χ0n) is 9.06. The van der Waals surface area contributed by atoms with Gasteiger partial charge in [-0.3, -0.25) is 0 Å². The summed E-state index contributed by atoms with van der Waals surface area (Å²) in [6.07, 6.45) is 2.47. The molecule has 1 N–H and O–H groups in total. The fourth-order valence-electron chi connectivity index (χ4n) is 1.40. The normalized spacial score (nSPS) is 13.8. The van der Waals surface area contributed by atoms with Crippen LogP contribution in [0.15, 0.2) is 0 Å². The van der Waals surface area contributed by atoms with Crippen molar-refractivity contribution in [1.82, 2.24) is 10.2 Å². The highest BCUT2D eigenvalue weighted by molar-refractivity contribution is 4.64. The lowest BCUT2D eigenvalue weighted by molar-refractivity contribution is 0.297. The first-order chi connectivity index (χ1) is 5.70. The van der Waals surface area contributed by atoms with Gasteiger partial charge in [0, 0.05) is 12.6 Å². The van der Waals surface area contributed by atoms with Crippen molar-refractivity contribution in [3.63, 3.8) is 0 Å². The molecule has 0 heterocycles. The van der Waals surface area contributed by atoms with Gasteiger partial charge in [-0.2, -0.15) is 0 Å². The highest BCUT2D eigenvalue weighted by Crippen LogP contribution is 1.90. The number of rotatable bonds is 7. The summed E-state index contributed by atoms with van der Waals surface area (Å²) in [4.78, 5) is 2.38. The summed E-state index contributed by atoms with van der Waals surface area (Å²) >= 11 is 0. The molecule has 0 aromatic carbocycles. The molecule has 0 bridgehead atoms. The number of hydrogen-bond donors (Lipinski definition) is 1. The van der Waals surface area contributed by atoms with Gasteiger partial charge >= 0.3 is 0 Å². The topological polar surface area (TPSA) is 15.3 Å². The fourth-order valence-corrected chi connectivity index (χ4v) is 1.40. The summed E-state index contributed by atoms with van der Waals surface area (Å²) in [5, 5.41) is 3.48. The molecule has 0 rings (SSSR count). The van der Waals surface area contributed by atoms with E-state index in [1.165, 1.54) is 19.4 Å². The van der Waals surface area contributed by atoms with Crippen molar-refractivity contribution in [1.29, 1.82) is 0 Å². The number of nitrogens with one attached hydrogen (secondary N) is 1. The first-order valence-electron chi connectivity index (χ1n) is 5.12. The molecule has 0 aromatic heterocycles. The second-order valence-electron chi connectivity index (χ2n) is 3.62. The van der Waals surface area contributed by atoms with E-state index in [0.29, 0.717) is 6.04 Å². The average Bonchev–Trinajstić information content (AvgIpc) is 2.01. The monoisotopic (exact) mass is 172 g/mol. The van der Waals surface area contributed by atoms with Crippen molar-refractivity contribution >= 4 is 0 Å². The Morgan fingerprint density at radius 3 is 2.42 bits per heavy atom. The van der Waals surface area contributed by atoms with Gasteiger partial charge in [0.15, 0.2) is 0 Å². The van der Waals surface area contributed by atoms with Crippen LogP contribution >= 0.6 is 0 Å². The maximum Gasteiger partial charge on any atom is 0.0166 e. The lowest BCUT2D eigenvalue weighted by Gasteiger charge is -2.21. The Kier molecular flexibility index (Phi) is 7.51. The molecular weight excluding hydrogens is 148 g/mol. The minimum Gasteiger partial charge on any atom is -0.313 e. The predicted molar refractivity (Wildman–Crippen MR) is 55.5 cm³/mol. The Morgan fingerprint density at radius 1 is 1.25 bits per heavy atom. The van der Waals surface area contributed by atoms with Gasteiger partial charge in [0.1, 0.15) is 0 Å². The van der Waals surface area contributed by atoms with Crippen molar-refractivity contribution in [3.8, 4) is 0 Å². The molecule has 0 amide bonds. The van der Waals surface area contributed by atoms with Gasteiger partial charge in [-0.05, 0) is 39.9 Å². The van der Waals surface area contributed by atoms with Crippen LogP contribution in [0.25, 0.3) is 0 Å². The molecular formula is C10H24N2. The van der Waals surface area contributed by atoms with Crippen LogP contribution in [0.4, 0.5) is 0 Å². The molecule has 74 valence electrons. The molecule has 0 radical (unpaired) electrons. The molecule has 0 aromatic rings. The second-order valence-corrected chi connectivity index (χ2v) is 3.62. The molecule has 0 aliphatic carbocycles. The van der Waals surface area contributed by atoms with Crippen molar-refractivity contribution in [2.75, 3.05) is 26.7 Å². The van der Waals surface area contributed by atoms with E-state index >= 15 is 0 Å². The van der Waals surface area contributed by atoms with Gasteiger partial charge in [-0.1, -0.05) is 13.8 Å². The molecule has 0 spiro atoms. The Morgan fingerprint density at radius 2 is 1.92 bits per heavy atom. The Labute approximate surface area is 77.3 Å². The Bertz CT molecular complexity index is 93.8. The van der Waals surface area contributed by atoms with E-state index in [1.54, 1.807) is 0 Å². The van der Waals surface area contributed by atoms with Crippen molar-refractivity contribution in [3.05, 3.63) is 0 Å². The first kappa shape index (κ1) is 11.9. The summed E-state index contributed by atoms with van der Waals surface area (Å²) < 4.78 is 0. The fraction of sp³-hybridized carbons (Fsp3) is 1.00. The van der Waals surface area contributed by atoms with Crippen LogP contribution < -0.4 is 5.32 Å². The van der Waals surface area contributed by atoms with Crippen LogP contribution in [0, 0.1) is 0 Å². The van der Waals surface area contributed by atoms with Gasteiger partial charge in [-0.25, -0.2) is 0 Å². The van der Waals surface area contributed by atoms with E-state index in [1.807, 2.05) is 0 Å². The summed E-state index contributed by atoms with van der Waals surface area (Å²) in [6.45, 7) is 10.2. The maximum atomic E-state index is 3.48. The lowest BCUT2D eigenvalue weighted by Crippen LogP contribution is -2.37. The van der Waals surface area contributed by atoms with Gasteiger partial charge in [0.25, 0.3) is 0 Å². The van der Waals surface area contributed by atoms with E-state index in [2.05, 4.69) is 38.0 Å². The van der Waals surface area contributed by atoms with E-state index in [0.717, 1.165) is 13.1 Å². The highest BCUT2D eigenvalue weighted by atomic mass is 15.1. The summed E-state index contributed by atoms with van der Waals surface area (Å²) in [6, 6.07) is 0.626. The van der Waals surface area contributed by atoms with Crippen LogP contribution in [0.1, 0.15) is 33.6 Å².